The van der Waals surface area contributed by atoms with Crippen molar-refractivity contribution >= 4 is 17.5 Å². The Hall–Kier alpha value is -1.68. The zero-order chi connectivity index (χ0) is 9.97. The standard InChI is InChI=1S/C10H7NO2S/c12-10(13)8-3-1-7(2-4-8)9-5-6-11-14-9/h1-6H,(H,12,13). The molecule has 0 radical (unpaired) electrons. The third-order valence-electron chi connectivity index (χ3n) is 1.85. The first-order chi connectivity index (χ1) is 6.77. The quantitative estimate of drug-likeness (QED) is 0.819. The molecule has 4 heteroatoms. The summed E-state index contributed by atoms with van der Waals surface area (Å²) in [5, 5.41) is 8.70. The van der Waals surface area contributed by atoms with Crippen LogP contribution in [0.25, 0.3) is 10.4 Å². The number of nitrogens with zero attached hydrogens (tertiary/aromatic N) is 1. The fourth-order valence-corrected chi connectivity index (χ4v) is 1.74. The van der Waals surface area contributed by atoms with E-state index in [0.717, 1.165) is 10.4 Å². The van der Waals surface area contributed by atoms with Gasteiger partial charge < -0.3 is 5.11 Å². The molecule has 70 valence electrons. The van der Waals surface area contributed by atoms with Crippen molar-refractivity contribution in [2.45, 2.75) is 0 Å². The van der Waals surface area contributed by atoms with E-state index in [1.807, 2.05) is 6.07 Å². The molecule has 0 aliphatic rings. The van der Waals surface area contributed by atoms with Gasteiger partial charge in [-0.2, -0.15) is 0 Å². The van der Waals surface area contributed by atoms with Gasteiger partial charge in [0.05, 0.1) is 10.4 Å². The Labute approximate surface area is 84.8 Å². The number of hydrogen-bond donors (Lipinski definition) is 1. The van der Waals surface area contributed by atoms with E-state index in [0.29, 0.717) is 5.56 Å². The molecule has 0 saturated heterocycles. The Balaban J connectivity index is 2.36. The van der Waals surface area contributed by atoms with Crippen molar-refractivity contribution in [1.29, 1.82) is 0 Å². The average Bonchev–Trinajstić information content (AvgIpc) is 2.71. The first kappa shape index (κ1) is 8.90. The summed E-state index contributed by atoms with van der Waals surface area (Å²) in [5.74, 6) is -0.902. The van der Waals surface area contributed by atoms with Crippen LogP contribution < -0.4 is 0 Å². The number of rotatable bonds is 2. The minimum atomic E-state index is -0.902. The van der Waals surface area contributed by atoms with E-state index >= 15 is 0 Å². The van der Waals surface area contributed by atoms with Crippen LogP contribution in [-0.4, -0.2) is 15.4 Å². The Morgan fingerprint density at radius 1 is 1.21 bits per heavy atom. The first-order valence-electron chi connectivity index (χ1n) is 4.02. The van der Waals surface area contributed by atoms with Crippen LogP contribution in [0.4, 0.5) is 0 Å². The third-order valence-corrected chi connectivity index (χ3v) is 2.65. The van der Waals surface area contributed by atoms with Gasteiger partial charge in [-0.15, -0.1) is 0 Å². The normalized spacial score (nSPS) is 10.0. The molecular formula is C10H7NO2S. The summed E-state index contributed by atoms with van der Waals surface area (Å²) in [5.41, 5.74) is 1.30. The second-order valence-electron chi connectivity index (χ2n) is 2.76. The van der Waals surface area contributed by atoms with E-state index in [4.69, 9.17) is 5.11 Å². The van der Waals surface area contributed by atoms with Crippen LogP contribution in [0.2, 0.25) is 0 Å². The maximum absolute atomic E-state index is 10.6. The van der Waals surface area contributed by atoms with Gasteiger partial charge in [0.15, 0.2) is 0 Å². The highest BCUT2D eigenvalue weighted by molar-refractivity contribution is 7.09. The lowest BCUT2D eigenvalue weighted by molar-refractivity contribution is 0.0697. The predicted octanol–water partition coefficient (Wildman–Crippen LogP) is 2.51. The fraction of sp³-hybridized carbons (Fsp3) is 0. The minimum Gasteiger partial charge on any atom is -0.478 e. The van der Waals surface area contributed by atoms with Crippen LogP contribution in [0.15, 0.2) is 36.5 Å². The zero-order valence-corrected chi connectivity index (χ0v) is 7.99. The molecule has 0 aliphatic heterocycles. The van der Waals surface area contributed by atoms with Crippen molar-refractivity contribution < 1.29 is 9.90 Å². The van der Waals surface area contributed by atoms with E-state index in [1.165, 1.54) is 11.5 Å². The first-order valence-corrected chi connectivity index (χ1v) is 4.79. The summed E-state index contributed by atoms with van der Waals surface area (Å²) < 4.78 is 3.98. The topological polar surface area (TPSA) is 50.2 Å². The molecule has 1 heterocycles. The van der Waals surface area contributed by atoms with Crippen molar-refractivity contribution in [1.82, 2.24) is 4.37 Å². The van der Waals surface area contributed by atoms with Crippen LogP contribution in [-0.2, 0) is 0 Å². The molecule has 14 heavy (non-hydrogen) atoms. The largest absolute Gasteiger partial charge is 0.478 e. The summed E-state index contributed by atoms with van der Waals surface area (Å²) >= 11 is 1.39. The van der Waals surface area contributed by atoms with Crippen LogP contribution in [0.5, 0.6) is 0 Å². The number of carboxylic acid groups (broad SMARTS) is 1. The minimum absolute atomic E-state index is 0.304. The number of aromatic nitrogens is 1. The molecule has 2 aromatic rings. The van der Waals surface area contributed by atoms with Gasteiger partial charge in [0.1, 0.15) is 0 Å². The molecule has 3 nitrogen and oxygen atoms in total. The Morgan fingerprint density at radius 2 is 1.93 bits per heavy atom. The monoisotopic (exact) mass is 205 g/mol. The van der Waals surface area contributed by atoms with Gasteiger partial charge in [0.25, 0.3) is 0 Å². The van der Waals surface area contributed by atoms with Gasteiger partial charge in [0.2, 0.25) is 0 Å². The molecule has 2 rings (SSSR count). The molecule has 1 aromatic heterocycles. The van der Waals surface area contributed by atoms with E-state index in [-0.39, 0.29) is 0 Å². The zero-order valence-electron chi connectivity index (χ0n) is 7.18. The molecule has 0 bridgehead atoms. The summed E-state index contributed by atoms with van der Waals surface area (Å²) in [6.07, 6.45) is 1.73. The van der Waals surface area contributed by atoms with Crippen LogP contribution in [0, 0.1) is 0 Å². The van der Waals surface area contributed by atoms with E-state index in [9.17, 15) is 4.79 Å². The number of carbonyl (C=O) groups is 1. The van der Waals surface area contributed by atoms with Gasteiger partial charge in [-0.1, -0.05) is 12.1 Å². The molecule has 0 saturated carbocycles. The molecule has 0 unspecified atom stereocenters. The molecule has 0 aliphatic carbocycles. The van der Waals surface area contributed by atoms with Crippen molar-refractivity contribution in [2.75, 3.05) is 0 Å². The summed E-state index contributed by atoms with van der Waals surface area (Å²) in [6.45, 7) is 0. The van der Waals surface area contributed by atoms with Gasteiger partial charge in [0, 0.05) is 6.20 Å². The van der Waals surface area contributed by atoms with Crippen molar-refractivity contribution in [3.8, 4) is 10.4 Å². The van der Waals surface area contributed by atoms with Gasteiger partial charge in [-0.25, -0.2) is 9.17 Å². The number of hydrogen-bond acceptors (Lipinski definition) is 3. The molecule has 0 spiro atoms. The van der Waals surface area contributed by atoms with E-state index < -0.39 is 5.97 Å². The average molecular weight is 205 g/mol. The van der Waals surface area contributed by atoms with E-state index in [1.54, 1.807) is 30.5 Å². The second kappa shape index (κ2) is 3.59. The van der Waals surface area contributed by atoms with Gasteiger partial charge in [-0.3, -0.25) is 0 Å². The van der Waals surface area contributed by atoms with E-state index in [2.05, 4.69) is 4.37 Å². The van der Waals surface area contributed by atoms with Gasteiger partial charge in [-0.05, 0) is 35.3 Å². The van der Waals surface area contributed by atoms with Gasteiger partial charge >= 0.3 is 5.97 Å². The van der Waals surface area contributed by atoms with Crippen molar-refractivity contribution in [2.24, 2.45) is 0 Å². The maximum Gasteiger partial charge on any atom is 0.335 e. The second-order valence-corrected chi connectivity index (χ2v) is 3.59. The lowest BCUT2D eigenvalue weighted by Gasteiger charge is -1.97. The lowest BCUT2D eigenvalue weighted by atomic mass is 10.1. The highest BCUT2D eigenvalue weighted by Gasteiger charge is 2.03. The van der Waals surface area contributed by atoms with Crippen molar-refractivity contribution in [3.63, 3.8) is 0 Å². The highest BCUT2D eigenvalue weighted by atomic mass is 32.1. The Bertz CT molecular complexity index is 434. The molecular weight excluding hydrogens is 198 g/mol. The van der Waals surface area contributed by atoms with Crippen LogP contribution >= 0.6 is 11.5 Å². The smallest absolute Gasteiger partial charge is 0.335 e. The molecule has 0 atom stereocenters. The number of carboxylic acids is 1. The lowest BCUT2D eigenvalue weighted by Crippen LogP contribution is -1.94. The summed E-state index contributed by atoms with van der Waals surface area (Å²) in [6, 6.07) is 8.67. The molecule has 1 aromatic carbocycles. The maximum atomic E-state index is 10.6. The number of benzene rings is 1. The third kappa shape index (κ3) is 1.65. The Morgan fingerprint density at radius 3 is 2.43 bits per heavy atom. The van der Waals surface area contributed by atoms with Crippen LogP contribution in [0.3, 0.4) is 0 Å². The molecule has 0 amide bonds. The fourth-order valence-electron chi connectivity index (χ4n) is 1.14. The van der Waals surface area contributed by atoms with Crippen LogP contribution in [0.1, 0.15) is 10.4 Å². The molecule has 1 N–H and O–H groups in total. The van der Waals surface area contributed by atoms with Crippen molar-refractivity contribution in [3.05, 3.63) is 42.1 Å². The summed E-state index contributed by atoms with van der Waals surface area (Å²) in [4.78, 5) is 11.6. The molecule has 0 fully saturated rings. The number of aromatic carboxylic acids is 1. The predicted molar refractivity (Wildman–Crippen MR) is 54.5 cm³/mol. The summed E-state index contributed by atoms with van der Waals surface area (Å²) in [7, 11) is 0. The highest BCUT2D eigenvalue weighted by Crippen LogP contribution is 2.22. The Kier molecular flexibility index (Phi) is 2.28. The SMILES string of the molecule is O=C(O)c1ccc(-c2ccns2)cc1.